The Labute approximate surface area is 167 Å². The standard InChI is InChI=1S/C21H21N5OS/c1-15-12-17(24-27-15)13-25-7-9-26(10-8-25)21-18-4-2-3-5-19(18)22-20(23-21)16-6-11-28-14-16/h2-6,11-12,14H,7-10,13H2,1H3. The van der Waals surface area contributed by atoms with Gasteiger partial charge in [-0.3, -0.25) is 4.90 Å². The van der Waals surface area contributed by atoms with E-state index in [1.54, 1.807) is 11.3 Å². The number of aromatic nitrogens is 3. The third-order valence-electron chi connectivity index (χ3n) is 5.10. The van der Waals surface area contributed by atoms with E-state index in [-0.39, 0.29) is 0 Å². The van der Waals surface area contributed by atoms with Crippen molar-refractivity contribution in [2.24, 2.45) is 0 Å². The number of nitrogens with zero attached hydrogens (tertiary/aromatic N) is 5. The maximum Gasteiger partial charge on any atom is 0.162 e. The lowest BCUT2D eigenvalue weighted by Gasteiger charge is -2.35. The number of para-hydroxylation sites is 1. The van der Waals surface area contributed by atoms with Gasteiger partial charge in [-0.05, 0) is 30.5 Å². The van der Waals surface area contributed by atoms with Crippen LogP contribution in [0.25, 0.3) is 22.3 Å². The Balaban J connectivity index is 1.40. The van der Waals surface area contributed by atoms with Crippen molar-refractivity contribution in [1.82, 2.24) is 20.0 Å². The fourth-order valence-electron chi connectivity index (χ4n) is 3.66. The van der Waals surface area contributed by atoms with Gasteiger partial charge in [-0.2, -0.15) is 11.3 Å². The normalized spacial score (nSPS) is 15.4. The summed E-state index contributed by atoms with van der Waals surface area (Å²) in [4.78, 5) is 14.5. The first-order chi connectivity index (χ1) is 13.8. The highest BCUT2D eigenvalue weighted by Gasteiger charge is 2.22. The topological polar surface area (TPSA) is 58.3 Å². The highest BCUT2D eigenvalue weighted by molar-refractivity contribution is 7.08. The molecule has 5 rings (SSSR count). The number of thiophene rings is 1. The van der Waals surface area contributed by atoms with E-state index in [0.29, 0.717) is 0 Å². The smallest absolute Gasteiger partial charge is 0.162 e. The van der Waals surface area contributed by atoms with Crippen molar-refractivity contribution in [3.63, 3.8) is 0 Å². The number of benzene rings is 1. The zero-order chi connectivity index (χ0) is 18.9. The molecule has 0 amide bonds. The van der Waals surface area contributed by atoms with Crippen LogP contribution in [0.5, 0.6) is 0 Å². The molecule has 3 aromatic heterocycles. The van der Waals surface area contributed by atoms with Crippen molar-refractivity contribution in [1.29, 1.82) is 0 Å². The molecule has 7 heteroatoms. The summed E-state index contributed by atoms with van der Waals surface area (Å²) >= 11 is 1.67. The van der Waals surface area contributed by atoms with Gasteiger partial charge in [0.15, 0.2) is 5.82 Å². The summed E-state index contributed by atoms with van der Waals surface area (Å²) in [6.07, 6.45) is 0. The zero-order valence-electron chi connectivity index (χ0n) is 15.7. The van der Waals surface area contributed by atoms with Crippen LogP contribution in [0.4, 0.5) is 5.82 Å². The molecule has 1 aromatic carbocycles. The fourth-order valence-corrected chi connectivity index (χ4v) is 4.30. The maximum absolute atomic E-state index is 5.19. The predicted octanol–water partition coefficient (Wildman–Crippen LogP) is 3.98. The average molecular weight is 392 g/mol. The minimum atomic E-state index is 0.801. The molecule has 0 unspecified atom stereocenters. The summed E-state index contributed by atoms with van der Waals surface area (Å²) in [7, 11) is 0. The van der Waals surface area contributed by atoms with Crippen LogP contribution in [0.15, 0.2) is 51.7 Å². The lowest BCUT2D eigenvalue weighted by Crippen LogP contribution is -2.46. The fraction of sp³-hybridized carbons (Fsp3) is 0.286. The van der Waals surface area contributed by atoms with Crippen molar-refractivity contribution in [3.8, 4) is 11.4 Å². The highest BCUT2D eigenvalue weighted by atomic mass is 32.1. The molecule has 4 heterocycles. The Bertz CT molecular complexity index is 1080. The molecular formula is C21H21N5OS. The van der Waals surface area contributed by atoms with Gasteiger partial charge in [-0.15, -0.1) is 0 Å². The second-order valence-electron chi connectivity index (χ2n) is 7.09. The lowest BCUT2D eigenvalue weighted by atomic mass is 10.2. The van der Waals surface area contributed by atoms with Gasteiger partial charge in [0.2, 0.25) is 0 Å². The molecule has 0 spiro atoms. The van der Waals surface area contributed by atoms with Crippen LogP contribution in [0.1, 0.15) is 11.5 Å². The third kappa shape index (κ3) is 3.39. The number of rotatable bonds is 4. The molecule has 0 radical (unpaired) electrons. The van der Waals surface area contributed by atoms with Gasteiger partial charge in [-0.25, -0.2) is 9.97 Å². The molecule has 0 aliphatic carbocycles. The first-order valence-corrected chi connectivity index (χ1v) is 10.4. The average Bonchev–Trinajstić information content (AvgIpc) is 3.40. The van der Waals surface area contributed by atoms with E-state index in [0.717, 1.165) is 72.3 Å². The number of anilines is 1. The molecule has 0 saturated carbocycles. The van der Waals surface area contributed by atoms with Crippen molar-refractivity contribution < 1.29 is 4.52 Å². The van der Waals surface area contributed by atoms with Crippen molar-refractivity contribution in [2.75, 3.05) is 31.1 Å². The minimum Gasteiger partial charge on any atom is -0.361 e. The van der Waals surface area contributed by atoms with Gasteiger partial charge in [-0.1, -0.05) is 17.3 Å². The Hall–Kier alpha value is -2.77. The number of hydrogen-bond acceptors (Lipinski definition) is 7. The first kappa shape index (κ1) is 17.3. The summed E-state index contributed by atoms with van der Waals surface area (Å²) in [5.74, 6) is 2.70. The van der Waals surface area contributed by atoms with Crippen LogP contribution >= 0.6 is 11.3 Å². The number of fused-ring (bicyclic) bond motifs is 1. The molecule has 1 aliphatic rings. The Morgan fingerprint density at radius 2 is 1.93 bits per heavy atom. The monoisotopic (exact) mass is 391 g/mol. The molecule has 1 fully saturated rings. The lowest BCUT2D eigenvalue weighted by molar-refractivity contribution is 0.241. The molecule has 0 N–H and O–H groups in total. The Kier molecular flexibility index (Phi) is 4.54. The van der Waals surface area contributed by atoms with E-state index in [1.807, 2.05) is 19.1 Å². The molecule has 1 saturated heterocycles. The van der Waals surface area contributed by atoms with Crippen molar-refractivity contribution >= 4 is 28.1 Å². The van der Waals surface area contributed by atoms with E-state index < -0.39 is 0 Å². The quantitative estimate of drug-likeness (QED) is 0.525. The zero-order valence-corrected chi connectivity index (χ0v) is 16.5. The Morgan fingerprint density at radius 1 is 1.07 bits per heavy atom. The summed E-state index contributed by atoms with van der Waals surface area (Å²) in [6, 6.07) is 12.4. The molecule has 4 aromatic rings. The molecule has 1 aliphatic heterocycles. The molecule has 0 atom stereocenters. The largest absolute Gasteiger partial charge is 0.361 e. The minimum absolute atomic E-state index is 0.801. The van der Waals surface area contributed by atoms with Gasteiger partial charge >= 0.3 is 0 Å². The van der Waals surface area contributed by atoms with Crippen LogP contribution in [0, 0.1) is 6.92 Å². The van der Waals surface area contributed by atoms with Crippen LogP contribution < -0.4 is 4.90 Å². The van der Waals surface area contributed by atoms with E-state index >= 15 is 0 Å². The van der Waals surface area contributed by atoms with Crippen LogP contribution in [0.3, 0.4) is 0 Å². The second-order valence-corrected chi connectivity index (χ2v) is 7.87. The molecule has 6 nitrogen and oxygen atoms in total. The number of piperazine rings is 1. The summed E-state index contributed by atoms with van der Waals surface area (Å²) in [5, 5.41) is 9.40. The molecule has 142 valence electrons. The van der Waals surface area contributed by atoms with Gasteiger partial charge in [0.25, 0.3) is 0 Å². The predicted molar refractivity (Wildman–Crippen MR) is 112 cm³/mol. The number of aryl methyl sites for hydroxylation is 1. The van der Waals surface area contributed by atoms with Gasteiger partial charge in [0.05, 0.1) is 11.2 Å². The van der Waals surface area contributed by atoms with Gasteiger partial charge in [0.1, 0.15) is 11.6 Å². The first-order valence-electron chi connectivity index (χ1n) is 9.45. The Morgan fingerprint density at radius 3 is 2.68 bits per heavy atom. The summed E-state index contributed by atoms with van der Waals surface area (Å²) < 4.78 is 5.19. The van der Waals surface area contributed by atoms with Crippen LogP contribution in [-0.4, -0.2) is 46.2 Å². The van der Waals surface area contributed by atoms with Crippen LogP contribution in [0.2, 0.25) is 0 Å². The third-order valence-corrected chi connectivity index (χ3v) is 5.78. The summed E-state index contributed by atoms with van der Waals surface area (Å²) in [5.41, 5.74) is 3.07. The van der Waals surface area contributed by atoms with Crippen molar-refractivity contribution in [3.05, 3.63) is 58.6 Å². The summed E-state index contributed by atoms with van der Waals surface area (Å²) in [6.45, 7) is 6.56. The molecular weight excluding hydrogens is 370 g/mol. The molecule has 0 bridgehead atoms. The SMILES string of the molecule is Cc1cc(CN2CCN(c3nc(-c4ccsc4)nc4ccccc34)CC2)no1. The van der Waals surface area contributed by atoms with E-state index in [9.17, 15) is 0 Å². The number of hydrogen-bond donors (Lipinski definition) is 0. The maximum atomic E-state index is 5.19. The van der Waals surface area contributed by atoms with Crippen LogP contribution in [-0.2, 0) is 6.54 Å². The molecule has 28 heavy (non-hydrogen) atoms. The van der Waals surface area contributed by atoms with E-state index in [1.165, 1.54) is 0 Å². The van der Waals surface area contributed by atoms with E-state index in [4.69, 9.17) is 14.5 Å². The van der Waals surface area contributed by atoms with Gasteiger partial charge < -0.3 is 9.42 Å². The highest BCUT2D eigenvalue weighted by Crippen LogP contribution is 2.29. The van der Waals surface area contributed by atoms with E-state index in [2.05, 4.69) is 50.0 Å². The van der Waals surface area contributed by atoms with Gasteiger partial charge in [0, 0.05) is 55.1 Å². The second kappa shape index (κ2) is 7.33. The van der Waals surface area contributed by atoms with Crippen molar-refractivity contribution in [2.45, 2.75) is 13.5 Å².